The van der Waals surface area contributed by atoms with Gasteiger partial charge in [0.1, 0.15) is 5.82 Å². The van der Waals surface area contributed by atoms with Crippen LogP contribution in [-0.2, 0) is 6.54 Å². The standard InChI is InChI=1S/C12H9Cl2N5/c13-9-4-2-1-3-7(9)5-15-10-8-6-16-19-11(8)18-12(14)17-10/h1-4,6H,5H2,(H2,15,16,17,18,19). The van der Waals surface area contributed by atoms with Crippen molar-refractivity contribution < 1.29 is 0 Å². The summed E-state index contributed by atoms with van der Waals surface area (Å²) in [5, 5.41) is 11.5. The number of aromatic nitrogens is 4. The number of anilines is 1. The fourth-order valence-corrected chi connectivity index (χ4v) is 2.13. The summed E-state index contributed by atoms with van der Waals surface area (Å²) < 4.78 is 0. The molecule has 0 aliphatic heterocycles. The lowest BCUT2D eigenvalue weighted by molar-refractivity contribution is 1.08. The molecule has 5 nitrogen and oxygen atoms in total. The maximum Gasteiger partial charge on any atom is 0.226 e. The lowest BCUT2D eigenvalue weighted by atomic mass is 10.2. The quantitative estimate of drug-likeness (QED) is 0.727. The predicted octanol–water partition coefficient (Wildman–Crippen LogP) is 3.27. The van der Waals surface area contributed by atoms with Crippen LogP contribution in [0.25, 0.3) is 11.0 Å². The van der Waals surface area contributed by atoms with Gasteiger partial charge in [-0.1, -0.05) is 29.8 Å². The fourth-order valence-electron chi connectivity index (χ4n) is 1.76. The highest BCUT2D eigenvalue weighted by Gasteiger charge is 2.08. The fraction of sp³-hybridized carbons (Fsp3) is 0.0833. The first-order chi connectivity index (χ1) is 9.24. The molecule has 96 valence electrons. The number of nitrogens with one attached hydrogen (secondary N) is 2. The van der Waals surface area contributed by atoms with Gasteiger partial charge in [0.25, 0.3) is 0 Å². The summed E-state index contributed by atoms with van der Waals surface area (Å²) in [6.45, 7) is 0.549. The van der Waals surface area contributed by atoms with Gasteiger partial charge < -0.3 is 5.32 Å². The number of hydrogen-bond acceptors (Lipinski definition) is 4. The van der Waals surface area contributed by atoms with E-state index in [0.717, 1.165) is 10.9 Å². The Morgan fingerprint density at radius 3 is 2.84 bits per heavy atom. The molecule has 19 heavy (non-hydrogen) atoms. The van der Waals surface area contributed by atoms with Crippen LogP contribution in [0.1, 0.15) is 5.56 Å². The number of aromatic amines is 1. The molecule has 3 rings (SSSR count). The molecule has 0 bridgehead atoms. The second-order valence-corrected chi connectivity index (χ2v) is 4.66. The van der Waals surface area contributed by atoms with E-state index in [1.807, 2.05) is 24.3 Å². The Morgan fingerprint density at radius 1 is 1.16 bits per heavy atom. The Morgan fingerprint density at radius 2 is 2.00 bits per heavy atom. The van der Waals surface area contributed by atoms with E-state index in [0.29, 0.717) is 23.0 Å². The Kier molecular flexibility index (Phi) is 3.23. The summed E-state index contributed by atoms with van der Waals surface area (Å²) in [5.74, 6) is 0.628. The van der Waals surface area contributed by atoms with Crippen molar-refractivity contribution >= 4 is 40.1 Å². The topological polar surface area (TPSA) is 66.5 Å². The second-order valence-electron chi connectivity index (χ2n) is 3.92. The molecule has 2 aromatic heterocycles. The van der Waals surface area contributed by atoms with E-state index in [-0.39, 0.29) is 5.28 Å². The number of halogens is 2. The number of benzene rings is 1. The van der Waals surface area contributed by atoms with Crippen LogP contribution in [0.3, 0.4) is 0 Å². The first-order valence-electron chi connectivity index (χ1n) is 5.58. The van der Waals surface area contributed by atoms with Crippen molar-refractivity contribution in [3.8, 4) is 0 Å². The molecule has 0 spiro atoms. The lowest BCUT2D eigenvalue weighted by Crippen LogP contribution is -2.03. The number of nitrogens with zero attached hydrogens (tertiary/aromatic N) is 3. The van der Waals surface area contributed by atoms with Crippen LogP contribution in [0.2, 0.25) is 10.3 Å². The van der Waals surface area contributed by atoms with Crippen LogP contribution in [0.4, 0.5) is 5.82 Å². The number of fused-ring (bicyclic) bond motifs is 1. The van der Waals surface area contributed by atoms with Crippen molar-refractivity contribution in [1.29, 1.82) is 0 Å². The van der Waals surface area contributed by atoms with Gasteiger partial charge in [-0.2, -0.15) is 15.1 Å². The summed E-state index contributed by atoms with van der Waals surface area (Å²) in [6, 6.07) is 7.62. The van der Waals surface area contributed by atoms with Crippen LogP contribution in [0, 0.1) is 0 Å². The minimum atomic E-state index is 0.165. The molecule has 3 aromatic rings. The molecule has 0 aliphatic carbocycles. The molecule has 2 N–H and O–H groups in total. The second kappa shape index (κ2) is 5.03. The van der Waals surface area contributed by atoms with Crippen LogP contribution in [0.5, 0.6) is 0 Å². The molecule has 0 fully saturated rings. The van der Waals surface area contributed by atoms with Crippen molar-refractivity contribution in [2.75, 3.05) is 5.32 Å². The predicted molar refractivity (Wildman–Crippen MR) is 75.5 cm³/mol. The lowest BCUT2D eigenvalue weighted by Gasteiger charge is -2.08. The monoisotopic (exact) mass is 293 g/mol. The highest BCUT2D eigenvalue weighted by molar-refractivity contribution is 6.31. The zero-order chi connectivity index (χ0) is 13.2. The molecule has 2 heterocycles. The third-order valence-corrected chi connectivity index (χ3v) is 3.22. The Labute approximate surface area is 119 Å². The first kappa shape index (κ1) is 12.2. The number of rotatable bonds is 3. The molecule has 0 aliphatic rings. The Bertz CT molecular complexity index is 725. The molecule has 0 amide bonds. The van der Waals surface area contributed by atoms with Gasteiger partial charge in [0.2, 0.25) is 5.28 Å². The van der Waals surface area contributed by atoms with Crippen LogP contribution in [-0.4, -0.2) is 20.2 Å². The summed E-state index contributed by atoms with van der Waals surface area (Å²) in [7, 11) is 0. The molecule has 7 heteroatoms. The van der Waals surface area contributed by atoms with E-state index >= 15 is 0 Å². The number of H-pyrrole nitrogens is 1. The maximum absolute atomic E-state index is 6.10. The zero-order valence-electron chi connectivity index (χ0n) is 9.69. The Hall–Kier alpha value is -1.85. The summed E-state index contributed by atoms with van der Waals surface area (Å²) in [6.07, 6.45) is 1.65. The normalized spacial score (nSPS) is 10.8. The third kappa shape index (κ3) is 2.47. The molecule has 1 aromatic carbocycles. The van der Waals surface area contributed by atoms with Crippen molar-refractivity contribution in [2.45, 2.75) is 6.54 Å². The maximum atomic E-state index is 6.10. The molecule has 0 atom stereocenters. The summed E-state index contributed by atoms with van der Waals surface area (Å²) in [4.78, 5) is 8.20. The number of hydrogen-bond donors (Lipinski definition) is 2. The minimum Gasteiger partial charge on any atom is -0.365 e. The van der Waals surface area contributed by atoms with Gasteiger partial charge >= 0.3 is 0 Å². The van der Waals surface area contributed by atoms with Crippen molar-refractivity contribution in [2.24, 2.45) is 0 Å². The molecular weight excluding hydrogens is 285 g/mol. The smallest absolute Gasteiger partial charge is 0.226 e. The Balaban J connectivity index is 1.90. The largest absolute Gasteiger partial charge is 0.365 e. The van der Waals surface area contributed by atoms with Crippen molar-refractivity contribution in [3.63, 3.8) is 0 Å². The summed E-state index contributed by atoms with van der Waals surface area (Å²) in [5.41, 5.74) is 1.58. The average molecular weight is 294 g/mol. The van der Waals surface area contributed by atoms with Crippen LogP contribution in [0.15, 0.2) is 30.5 Å². The van der Waals surface area contributed by atoms with E-state index in [9.17, 15) is 0 Å². The van der Waals surface area contributed by atoms with Gasteiger partial charge in [0.05, 0.1) is 11.6 Å². The zero-order valence-corrected chi connectivity index (χ0v) is 11.2. The van der Waals surface area contributed by atoms with Gasteiger partial charge in [0, 0.05) is 11.6 Å². The third-order valence-electron chi connectivity index (χ3n) is 2.69. The molecule has 0 saturated carbocycles. The first-order valence-corrected chi connectivity index (χ1v) is 6.33. The van der Waals surface area contributed by atoms with Gasteiger partial charge in [-0.3, -0.25) is 5.10 Å². The highest BCUT2D eigenvalue weighted by Crippen LogP contribution is 2.22. The molecular formula is C12H9Cl2N5. The van der Waals surface area contributed by atoms with Crippen LogP contribution < -0.4 is 5.32 Å². The van der Waals surface area contributed by atoms with E-state index in [4.69, 9.17) is 23.2 Å². The molecule has 0 radical (unpaired) electrons. The average Bonchev–Trinajstić information content (AvgIpc) is 2.85. The minimum absolute atomic E-state index is 0.165. The molecule has 0 unspecified atom stereocenters. The highest BCUT2D eigenvalue weighted by atomic mass is 35.5. The molecule has 0 saturated heterocycles. The van der Waals surface area contributed by atoms with Crippen LogP contribution >= 0.6 is 23.2 Å². The van der Waals surface area contributed by atoms with Gasteiger partial charge in [-0.05, 0) is 23.2 Å². The van der Waals surface area contributed by atoms with Gasteiger partial charge in [-0.25, -0.2) is 0 Å². The SMILES string of the molecule is Clc1nc(NCc2ccccc2Cl)c2cn[nH]c2n1. The van der Waals surface area contributed by atoms with E-state index in [2.05, 4.69) is 25.5 Å². The van der Waals surface area contributed by atoms with Gasteiger partial charge in [0.15, 0.2) is 5.65 Å². The van der Waals surface area contributed by atoms with E-state index < -0.39 is 0 Å². The van der Waals surface area contributed by atoms with Gasteiger partial charge in [-0.15, -0.1) is 0 Å². The van der Waals surface area contributed by atoms with E-state index in [1.165, 1.54) is 0 Å². The van der Waals surface area contributed by atoms with Crippen molar-refractivity contribution in [1.82, 2.24) is 20.2 Å². The summed E-state index contributed by atoms with van der Waals surface area (Å²) >= 11 is 12.0. The van der Waals surface area contributed by atoms with E-state index in [1.54, 1.807) is 6.20 Å². The van der Waals surface area contributed by atoms with Crippen molar-refractivity contribution in [3.05, 3.63) is 46.3 Å².